The topological polar surface area (TPSA) is 66.5 Å². The van der Waals surface area contributed by atoms with Crippen LogP contribution in [0.1, 0.15) is 5.56 Å². The van der Waals surface area contributed by atoms with E-state index < -0.39 is 10.0 Å². The Morgan fingerprint density at radius 3 is 2.08 bits per heavy atom. The molecule has 0 heterocycles. The second kappa shape index (κ2) is 8.67. The number of nitrogens with one attached hydrogen (secondary N) is 1. The molecule has 1 amide bonds. The van der Waals surface area contributed by atoms with Gasteiger partial charge in [0.15, 0.2) is 0 Å². The van der Waals surface area contributed by atoms with Gasteiger partial charge in [-0.15, -0.1) is 0 Å². The summed E-state index contributed by atoms with van der Waals surface area (Å²) in [7, 11) is -2.37. The third-order valence-corrected chi connectivity index (χ3v) is 5.86. The van der Waals surface area contributed by atoms with Crippen molar-refractivity contribution in [3.63, 3.8) is 0 Å². The molecule has 0 bridgehead atoms. The van der Waals surface area contributed by atoms with Crippen LogP contribution in [0.4, 0.5) is 0 Å². The molecule has 5 nitrogen and oxygen atoms in total. The molecule has 1 N–H and O–H groups in total. The van der Waals surface area contributed by atoms with Crippen LogP contribution in [0.2, 0.25) is 10.0 Å². The third-order valence-electron chi connectivity index (χ3n) is 3.54. The third kappa shape index (κ3) is 5.71. The Kier molecular flexibility index (Phi) is 6.84. The standard InChI is InChI=1S/C17H18Cl2N2O3S/c1-21(25(23,24)16-8-6-15(19)7-9-16)12-17(22)20-11-10-13-2-4-14(18)5-3-13/h2-9H,10-12H2,1H3,(H,20,22). The number of rotatable bonds is 7. The van der Waals surface area contributed by atoms with Gasteiger partial charge >= 0.3 is 0 Å². The summed E-state index contributed by atoms with van der Waals surface area (Å²) in [5.74, 6) is -0.367. The zero-order valence-corrected chi connectivity index (χ0v) is 15.9. The van der Waals surface area contributed by atoms with Crippen LogP contribution >= 0.6 is 23.2 Å². The van der Waals surface area contributed by atoms with Crippen molar-refractivity contribution in [1.29, 1.82) is 0 Å². The van der Waals surface area contributed by atoms with Gasteiger partial charge in [-0.1, -0.05) is 35.3 Å². The van der Waals surface area contributed by atoms with Crippen LogP contribution in [0.25, 0.3) is 0 Å². The van der Waals surface area contributed by atoms with Gasteiger partial charge < -0.3 is 5.32 Å². The quantitative estimate of drug-likeness (QED) is 0.776. The summed E-state index contributed by atoms with van der Waals surface area (Å²) in [5, 5.41) is 3.81. The summed E-state index contributed by atoms with van der Waals surface area (Å²) in [5.41, 5.74) is 1.03. The van der Waals surface area contributed by atoms with E-state index in [1.54, 1.807) is 12.1 Å². The molecular formula is C17H18Cl2N2O3S. The van der Waals surface area contributed by atoms with E-state index in [0.717, 1.165) is 9.87 Å². The Morgan fingerprint density at radius 2 is 1.52 bits per heavy atom. The van der Waals surface area contributed by atoms with Crippen molar-refractivity contribution in [3.05, 3.63) is 64.1 Å². The molecule has 0 aliphatic carbocycles. The average molecular weight is 401 g/mol. The van der Waals surface area contributed by atoms with Gasteiger partial charge in [0.1, 0.15) is 0 Å². The molecule has 0 radical (unpaired) electrons. The molecule has 0 spiro atoms. The Morgan fingerprint density at radius 1 is 1.00 bits per heavy atom. The predicted molar refractivity (Wildman–Crippen MR) is 99.4 cm³/mol. The van der Waals surface area contributed by atoms with Crippen LogP contribution in [-0.4, -0.2) is 38.8 Å². The lowest BCUT2D eigenvalue weighted by atomic mass is 10.1. The van der Waals surface area contributed by atoms with Gasteiger partial charge in [-0.3, -0.25) is 4.79 Å². The van der Waals surface area contributed by atoms with E-state index in [1.807, 2.05) is 12.1 Å². The molecular weight excluding hydrogens is 383 g/mol. The van der Waals surface area contributed by atoms with Gasteiger partial charge in [-0.25, -0.2) is 8.42 Å². The number of carbonyl (C=O) groups excluding carboxylic acids is 1. The number of hydrogen-bond acceptors (Lipinski definition) is 3. The summed E-state index contributed by atoms with van der Waals surface area (Å²) < 4.78 is 25.8. The maximum Gasteiger partial charge on any atom is 0.243 e. The minimum atomic E-state index is -3.73. The average Bonchev–Trinajstić information content (AvgIpc) is 2.57. The fourth-order valence-electron chi connectivity index (χ4n) is 2.13. The smallest absolute Gasteiger partial charge is 0.243 e. The lowest BCUT2D eigenvalue weighted by Crippen LogP contribution is -2.39. The zero-order valence-electron chi connectivity index (χ0n) is 13.6. The summed E-state index contributed by atoms with van der Waals surface area (Å²) in [6.45, 7) is 0.154. The summed E-state index contributed by atoms with van der Waals surface area (Å²) in [4.78, 5) is 12.1. The summed E-state index contributed by atoms with van der Waals surface area (Å²) in [6.07, 6.45) is 0.635. The number of benzene rings is 2. The highest BCUT2D eigenvalue weighted by molar-refractivity contribution is 7.89. The molecule has 2 aromatic carbocycles. The maximum absolute atomic E-state index is 12.4. The number of likely N-dealkylation sites (N-methyl/N-ethyl adjacent to an activating group) is 1. The van der Waals surface area contributed by atoms with E-state index in [0.29, 0.717) is 23.0 Å². The van der Waals surface area contributed by atoms with Crippen molar-refractivity contribution < 1.29 is 13.2 Å². The summed E-state index contributed by atoms with van der Waals surface area (Å²) >= 11 is 11.6. The molecule has 2 rings (SSSR count). The van der Waals surface area contributed by atoms with Gasteiger partial charge in [0.25, 0.3) is 0 Å². The van der Waals surface area contributed by atoms with Crippen LogP contribution < -0.4 is 5.32 Å². The van der Waals surface area contributed by atoms with Crippen molar-refractivity contribution >= 4 is 39.1 Å². The number of carbonyl (C=O) groups is 1. The van der Waals surface area contributed by atoms with Gasteiger partial charge in [0.2, 0.25) is 15.9 Å². The van der Waals surface area contributed by atoms with Crippen LogP contribution in [-0.2, 0) is 21.2 Å². The monoisotopic (exact) mass is 400 g/mol. The lowest BCUT2D eigenvalue weighted by molar-refractivity contribution is -0.121. The fourth-order valence-corrected chi connectivity index (χ4v) is 3.51. The minimum Gasteiger partial charge on any atom is -0.355 e. The highest BCUT2D eigenvalue weighted by atomic mass is 35.5. The first-order valence-electron chi connectivity index (χ1n) is 7.52. The zero-order chi connectivity index (χ0) is 18.4. The highest BCUT2D eigenvalue weighted by Gasteiger charge is 2.22. The highest BCUT2D eigenvalue weighted by Crippen LogP contribution is 2.17. The molecule has 0 saturated heterocycles. The first-order chi connectivity index (χ1) is 11.8. The molecule has 0 aliphatic heterocycles. The van der Waals surface area contributed by atoms with Crippen molar-refractivity contribution in [2.24, 2.45) is 0 Å². The van der Waals surface area contributed by atoms with Crippen molar-refractivity contribution in [1.82, 2.24) is 9.62 Å². The second-order valence-electron chi connectivity index (χ2n) is 5.44. The first kappa shape index (κ1) is 19.7. The van der Waals surface area contributed by atoms with E-state index >= 15 is 0 Å². The number of amides is 1. The number of hydrogen-bond donors (Lipinski definition) is 1. The SMILES string of the molecule is CN(CC(=O)NCCc1ccc(Cl)cc1)S(=O)(=O)c1ccc(Cl)cc1. The number of halogens is 2. The number of sulfonamides is 1. The van der Waals surface area contributed by atoms with Gasteiger partial charge in [-0.2, -0.15) is 4.31 Å². The van der Waals surface area contributed by atoms with Crippen molar-refractivity contribution in [2.75, 3.05) is 20.1 Å². The predicted octanol–water partition coefficient (Wildman–Crippen LogP) is 2.97. The normalized spacial score (nSPS) is 11.5. The van der Waals surface area contributed by atoms with Crippen molar-refractivity contribution in [2.45, 2.75) is 11.3 Å². The Labute approximate surface area is 157 Å². The van der Waals surface area contributed by atoms with Gasteiger partial charge in [0, 0.05) is 23.6 Å². The first-order valence-corrected chi connectivity index (χ1v) is 9.71. The van der Waals surface area contributed by atoms with Gasteiger partial charge in [0.05, 0.1) is 11.4 Å². The van der Waals surface area contributed by atoms with Crippen molar-refractivity contribution in [3.8, 4) is 0 Å². The van der Waals surface area contributed by atoms with Crippen LogP contribution in [0.3, 0.4) is 0 Å². The van der Waals surface area contributed by atoms with Crippen LogP contribution in [0, 0.1) is 0 Å². The molecule has 0 fully saturated rings. The molecule has 0 unspecified atom stereocenters. The van der Waals surface area contributed by atoms with E-state index in [-0.39, 0.29) is 17.3 Å². The second-order valence-corrected chi connectivity index (χ2v) is 8.36. The molecule has 8 heteroatoms. The molecule has 0 saturated carbocycles. The van der Waals surface area contributed by atoms with E-state index in [9.17, 15) is 13.2 Å². The number of nitrogens with zero attached hydrogens (tertiary/aromatic N) is 1. The molecule has 0 aliphatic rings. The molecule has 2 aromatic rings. The molecule has 25 heavy (non-hydrogen) atoms. The van der Waals surface area contributed by atoms with Crippen LogP contribution in [0.15, 0.2) is 53.4 Å². The largest absolute Gasteiger partial charge is 0.355 e. The lowest BCUT2D eigenvalue weighted by Gasteiger charge is -2.17. The molecule has 0 aromatic heterocycles. The van der Waals surface area contributed by atoms with E-state index in [1.165, 1.54) is 31.3 Å². The molecule has 0 atom stereocenters. The van der Waals surface area contributed by atoms with E-state index in [2.05, 4.69) is 5.32 Å². The Bertz CT molecular complexity index is 822. The Balaban J connectivity index is 1.86. The minimum absolute atomic E-state index is 0.0911. The summed E-state index contributed by atoms with van der Waals surface area (Å²) in [6, 6.07) is 13.1. The van der Waals surface area contributed by atoms with Crippen LogP contribution in [0.5, 0.6) is 0 Å². The maximum atomic E-state index is 12.4. The van der Waals surface area contributed by atoms with E-state index in [4.69, 9.17) is 23.2 Å². The van der Waals surface area contributed by atoms with Gasteiger partial charge in [-0.05, 0) is 48.4 Å². The fraction of sp³-hybridized carbons (Fsp3) is 0.235. The molecule has 134 valence electrons. The Hall–Kier alpha value is -1.60.